The van der Waals surface area contributed by atoms with Crippen molar-refractivity contribution in [2.45, 2.75) is 30.1 Å². The first-order chi connectivity index (χ1) is 3.29. The van der Waals surface area contributed by atoms with Crippen LogP contribution in [0.25, 0.3) is 0 Å². The summed E-state index contributed by atoms with van der Waals surface area (Å²) >= 11 is 2.68. The maximum absolute atomic E-state index is 5.62. The van der Waals surface area contributed by atoms with Gasteiger partial charge in [0.2, 0.25) is 0 Å². The minimum absolute atomic E-state index is 0.508. The molecule has 1 nitrogen and oxygen atoms in total. The summed E-state index contributed by atoms with van der Waals surface area (Å²) in [7, 11) is 0. The van der Waals surface area contributed by atoms with Crippen molar-refractivity contribution >= 4 is 16.0 Å². The van der Waals surface area contributed by atoms with E-state index in [1.807, 2.05) is 0 Å². The van der Waals surface area contributed by atoms with Crippen LogP contribution in [0.5, 0.6) is 0 Å². The summed E-state index contributed by atoms with van der Waals surface area (Å²) in [5.74, 6) is 0. The van der Waals surface area contributed by atoms with Gasteiger partial charge in [-0.25, -0.2) is 0 Å². The van der Waals surface area contributed by atoms with Gasteiger partial charge < -0.3 is 0 Å². The van der Waals surface area contributed by atoms with Gasteiger partial charge in [-0.05, 0) is 0 Å². The van der Waals surface area contributed by atoms with Crippen LogP contribution < -0.4 is 5.73 Å². The SMILES string of the molecule is NC1CCC([SeH])C1. The van der Waals surface area contributed by atoms with E-state index < -0.39 is 0 Å². The monoisotopic (exact) mass is 165 g/mol. The fraction of sp³-hybridized carbons (Fsp3) is 1.00. The molecule has 0 spiro atoms. The van der Waals surface area contributed by atoms with E-state index in [1.165, 1.54) is 19.3 Å². The van der Waals surface area contributed by atoms with Gasteiger partial charge in [-0.1, -0.05) is 0 Å². The fourth-order valence-corrected chi connectivity index (χ4v) is 1.87. The van der Waals surface area contributed by atoms with E-state index in [-0.39, 0.29) is 0 Å². The number of hydrogen-bond acceptors (Lipinski definition) is 1. The molecule has 0 bridgehead atoms. The molecule has 2 N–H and O–H groups in total. The first-order valence-electron chi connectivity index (χ1n) is 2.72. The van der Waals surface area contributed by atoms with Gasteiger partial charge in [-0.3, -0.25) is 0 Å². The second-order valence-electron chi connectivity index (χ2n) is 2.23. The van der Waals surface area contributed by atoms with Crippen molar-refractivity contribution < 1.29 is 0 Å². The van der Waals surface area contributed by atoms with Crippen LogP contribution in [0.4, 0.5) is 0 Å². The molecule has 0 aromatic rings. The molecule has 7 heavy (non-hydrogen) atoms. The number of nitrogens with two attached hydrogens (primary N) is 1. The molecule has 0 heterocycles. The molecule has 1 saturated carbocycles. The summed E-state index contributed by atoms with van der Waals surface area (Å²) in [6.45, 7) is 0. The quantitative estimate of drug-likeness (QED) is 0.508. The summed E-state index contributed by atoms with van der Waals surface area (Å²) < 4.78 is 0. The van der Waals surface area contributed by atoms with Crippen molar-refractivity contribution in [2.75, 3.05) is 0 Å². The molecule has 0 aromatic heterocycles. The predicted octanol–water partition coefficient (Wildman–Crippen LogP) is 0.187. The van der Waals surface area contributed by atoms with Crippen molar-refractivity contribution in [3.8, 4) is 0 Å². The summed E-state index contributed by atoms with van der Waals surface area (Å²) in [4.78, 5) is 0.836. The van der Waals surface area contributed by atoms with E-state index in [0.29, 0.717) is 6.04 Å². The molecule has 0 amide bonds. The van der Waals surface area contributed by atoms with Crippen LogP contribution in [0, 0.1) is 0 Å². The minimum atomic E-state index is 0.508. The Bertz CT molecular complexity index is 57.1. The summed E-state index contributed by atoms with van der Waals surface area (Å²) in [6, 6.07) is 0.508. The Morgan fingerprint density at radius 3 is 2.29 bits per heavy atom. The van der Waals surface area contributed by atoms with E-state index in [9.17, 15) is 0 Å². The number of rotatable bonds is 0. The molecule has 1 rings (SSSR count). The summed E-state index contributed by atoms with van der Waals surface area (Å²) in [6.07, 6.45) is 3.78. The van der Waals surface area contributed by atoms with E-state index in [1.54, 1.807) is 0 Å². The molecule has 0 radical (unpaired) electrons. The molecule has 1 aliphatic rings. The van der Waals surface area contributed by atoms with Gasteiger partial charge in [0.15, 0.2) is 0 Å². The van der Waals surface area contributed by atoms with E-state index in [2.05, 4.69) is 16.0 Å². The number of hydrogen-bond donors (Lipinski definition) is 1. The molecule has 0 saturated heterocycles. The van der Waals surface area contributed by atoms with Crippen LogP contribution in [-0.4, -0.2) is 22.1 Å². The van der Waals surface area contributed by atoms with E-state index in [0.717, 1.165) is 4.82 Å². The molecule has 0 aliphatic heterocycles. The molecule has 1 aliphatic carbocycles. The zero-order valence-corrected chi connectivity index (χ0v) is 6.18. The molecule has 2 heteroatoms. The van der Waals surface area contributed by atoms with Gasteiger partial charge in [0.05, 0.1) is 0 Å². The van der Waals surface area contributed by atoms with Crippen LogP contribution in [-0.2, 0) is 0 Å². The Hall–Kier alpha value is 0.479. The Balaban J connectivity index is 2.26. The van der Waals surface area contributed by atoms with Crippen molar-refractivity contribution in [3.63, 3.8) is 0 Å². The van der Waals surface area contributed by atoms with Crippen molar-refractivity contribution in [2.24, 2.45) is 5.73 Å². The summed E-state index contributed by atoms with van der Waals surface area (Å²) in [5, 5.41) is 0. The van der Waals surface area contributed by atoms with Crippen LogP contribution in [0.2, 0.25) is 4.82 Å². The zero-order valence-electron chi connectivity index (χ0n) is 4.30. The molecule has 42 valence electrons. The Morgan fingerprint density at radius 2 is 2.14 bits per heavy atom. The van der Waals surface area contributed by atoms with Crippen molar-refractivity contribution in [1.82, 2.24) is 0 Å². The third kappa shape index (κ3) is 1.45. The van der Waals surface area contributed by atoms with Crippen LogP contribution in [0.1, 0.15) is 19.3 Å². The van der Waals surface area contributed by atoms with Crippen molar-refractivity contribution in [3.05, 3.63) is 0 Å². The first-order valence-corrected chi connectivity index (χ1v) is 3.81. The molecule has 2 unspecified atom stereocenters. The predicted molar refractivity (Wildman–Crippen MR) is 32.7 cm³/mol. The average Bonchev–Trinajstić information content (AvgIpc) is 1.87. The molecular formula is C5H11NSe. The van der Waals surface area contributed by atoms with Gasteiger partial charge >= 0.3 is 51.9 Å². The Kier molecular flexibility index (Phi) is 1.74. The fourth-order valence-electron chi connectivity index (χ4n) is 0.992. The Morgan fingerprint density at radius 1 is 1.43 bits per heavy atom. The normalized spacial score (nSPS) is 42.0. The first kappa shape index (κ1) is 5.61. The van der Waals surface area contributed by atoms with E-state index >= 15 is 0 Å². The second-order valence-corrected chi connectivity index (χ2v) is 3.76. The second kappa shape index (κ2) is 2.16. The van der Waals surface area contributed by atoms with Crippen LogP contribution >= 0.6 is 0 Å². The van der Waals surface area contributed by atoms with Gasteiger partial charge in [0.25, 0.3) is 0 Å². The van der Waals surface area contributed by atoms with Gasteiger partial charge in [0, 0.05) is 0 Å². The Labute approximate surface area is 52.5 Å². The topological polar surface area (TPSA) is 26.0 Å². The van der Waals surface area contributed by atoms with E-state index in [4.69, 9.17) is 5.73 Å². The average molecular weight is 164 g/mol. The summed E-state index contributed by atoms with van der Waals surface area (Å²) in [5.41, 5.74) is 5.62. The van der Waals surface area contributed by atoms with Crippen LogP contribution in [0.15, 0.2) is 0 Å². The molecule has 2 atom stereocenters. The van der Waals surface area contributed by atoms with Gasteiger partial charge in [-0.15, -0.1) is 0 Å². The zero-order chi connectivity index (χ0) is 5.28. The molecule has 0 aromatic carbocycles. The van der Waals surface area contributed by atoms with Gasteiger partial charge in [-0.2, -0.15) is 0 Å². The molecular weight excluding hydrogens is 153 g/mol. The third-order valence-electron chi connectivity index (χ3n) is 1.45. The van der Waals surface area contributed by atoms with Crippen LogP contribution in [0.3, 0.4) is 0 Å². The molecule has 1 fully saturated rings. The van der Waals surface area contributed by atoms with Crippen molar-refractivity contribution in [1.29, 1.82) is 0 Å². The van der Waals surface area contributed by atoms with Gasteiger partial charge in [0.1, 0.15) is 0 Å². The maximum atomic E-state index is 5.62. The standard InChI is InChI=1S/C5H11NSe/c6-4-1-2-5(7)3-4/h4-5,7H,1-3,6H2. The third-order valence-corrected chi connectivity index (χ3v) is 2.43.